The zero-order valence-corrected chi connectivity index (χ0v) is 15.4. The number of H-pyrrole nitrogens is 1. The molecule has 0 aliphatic heterocycles. The zero-order valence-electron chi connectivity index (χ0n) is 15.4. The van der Waals surface area contributed by atoms with E-state index in [1.165, 1.54) is 0 Å². The molecule has 0 fully saturated rings. The number of hydrogen-bond donors (Lipinski definition) is 2. The molecule has 27 heavy (non-hydrogen) atoms. The van der Waals surface area contributed by atoms with Crippen LogP contribution in [0.15, 0.2) is 60.7 Å². The van der Waals surface area contributed by atoms with Gasteiger partial charge in [0.25, 0.3) is 5.91 Å². The van der Waals surface area contributed by atoms with E-state index in [-0.39, 0.29) is 17.0 Å². The molecule has 0 atom stereocenters. The van der Waals surface area contributed by atoms with E-state index in [0.717, 1.165) is 5.69 Å². The summed E-state index contributed by atoms with van der Waals surface area (Å²) in [5.41, 5.74) is 2.12. The van der Waals surface area contributed by atoms with Gasteiger partial charge in [-0.05, 0) is 42.5 Å². The van der Waals surface area contributed by atoms with Gasteiger partial charge in [-0.3, -0.25) is 9.89 Å². The van der Waals surface area contributed by atoms with Gasteiger partial charge in [0.1, 0.15) is 5.75 Å². The van der Waals surface area contributed by atoms with Crippen LogP contribution in [-0.4, -0.2) is 22.1 Å². The van der Waals surface area contributed by atoms with Crippen molar-refractivity contribution in [3.8, 4) is 5.75 Å². The number of anilines is 1. The molecule has 0 saturated carbocycles. The Kier molecular flexibility index (Phi) is 5.07. The van der Waals surface area contributed by atoms with E-state index >= 15 is 0 Å². The fourth-order valence-corrected chi connectivity index (χ4v) is 2.37. The minimum atomic E-state index is -0.539. The van der Waals surface area contributed by atoms with Gasteiger partial charge < -0.3 is 10.1 Å². The van der Waals surface area contributed by atoms with Crippen molar-refractivity contribution < 1.29 is 14.3 Å². The average Bonchev–Trinajstić information content (AvgIpc) is 3.15. The molecule has 1 amide bonds. The van der Waals surface area contributed by atoms with Crippen LogP contribution in [0.5, 0.6) is 5.75 Å². The van der Waals surface area contributed by atoms with Crippen molar-refractivity contribution in [1.29, 1.82) is 0 Å². The summed E-state index contributed by atoms with van der Waals surface area (Å²) in [6.45, 7) is 6.08. The van der Waals surface area contributed by atoms with Gasteiger partial charge >= 0.3 is 5.97 Å². The van der Waals surface area contributed by atoms with Crippen molar-refractivity contribution in [2.75, 3.05) is 5.32 Å². The van der Waals surface area contributed by atoms with Gasteiger partial charge in [-0.1, -0.05) is 39.0 Å². The van der Waals surface area contributed by atoms with Crippen LogP contribution in [0, 0.1) is 0 Å². The highest BCUT2D eigenvalue weighted by Crippen LogP contribution is 2.22. The lowest BCUT2D eigenvalue weighted by Crippen LogP contribution is -2.12. The second-order valence-corrected chi connectivity index (χ2v) is 7.15. The molecule has 0 spiro atoms. The standard InChI is InChI=1S/C21H21N3O3/c1-21(2,3)18-13-17(23-24-18)20(26)27-16-11-9-15(10-12-16)22-19(25)14-7-5-4-6-8-14/h4-13H,1-3H3,(H,22,25)(H,23,24). The molecule has 2 N–H and O–H groups in total. The summed E-state index contributed by atoms with van der Waals surface area (Å²) in [7, 11) is 0. The first kappa shape index (κ1) is 18.4. The van der Waals surface area contributed by atoms with E-state index in [1.54, 1.807) is 54.6 Å². The first-order chi connectivity index (χ1) is 12.8. The summed E-state index contributed by atoms with van der Waals surface area (Å²) < 4.78 is 5.34. The Morgan fingerprint density at radius 3 is 2.26 bits per heavy atom. The molecule has 0 aliphatic rings. The van der Waals surface area contributed by atoms with E-state index in [0.29, 0.717) is 17.0 Å². The number of rotatable bonds is 4. The molecule has 0 radical (unpaired) electrons. The van der Waals surface area contributed by atoms with Gasteiger partial charge in [-0.25, -0.2) is 4.79 Å². The number of carbonyl (C=O) groups is 2. The maximum absolute atomic E-state index is 12.2. The van der Waals surface area contributed by atoms with Gasteiger partial charge in [0.2, 0.25) is 0 Å². The van der Waals surface area contributed by atoms with Crippen LogP contribution in [0.1, 0.15) is 47.3 Å². The smallest absolute Gasteiger partial charge is 0.364 e. The molecule has 138 valence electrons. The number of nitrogens with zero attached hydrogens (tertiary/aromatic N) is 1. The average molecular weight is 363 g/mol. The summed E-state index contributed by atoms with van der Waals surface area (Å²) in [6, 6.07) is 17.2. The molecule has 1 heterocycles. The molecule has 0 unspecified atom stereocenters. The molecular weight excluding hydrogens is 342 g/mol. The van der Waals surface area contributed by atoms with Crippen LogP contribution < -0.4 is 10.1 Å². The second kappa shape index (κ2) is 7.45. The Hall–Kier alpha value is -3.41. The molecule has 2 aromatic carbocycles. The highest BCUT2D eigenvalue weighted by atomic mass is 16.5. The fourth-order valence-electron chi connectivity index (χ4n) is 2.37. The van der Waals surface area contributed by atoms with E-state index in [2.05, 4.69) is 15.5 Å². The lowest BCUT2D eigenvalue weighted by Gasteiger charge is -2.14. The third-order valence-corrected chi connectivity index (χ3v) is 3.95. The maximum Gasteiger partial charge on any atom is 0.364 e. The molecular formula is C21H21N3O3. The minimum absolute atomic E-state index is 0.135. The van der Waals surface area contributed by atoms with Crippen molar-refractivity contribution in [3.63, 3.8) is 0 Å². The summed E-state index contributed by atoms with van der Waals surface area (Å²) >= 11 is 0. The van der Waals surface area contributed by atoms with Gasteiger partial charge in [0, 0.05) is 22.4 Å². The number of amides is 1. The quantitative estimate of drug-likeness (QED) is 0.538. The number of carbonyl (C=O) groups excluding carboxylic acids is 2. The van der Waals surface area contributed by atoms with Gasteiger partial charge in [0.15, 0.2) is 5.69 Å². The highest BCUT2D eigenvalue weighted by Gasteiger charge is 2.20. The van der Waals surface area contributed by atoms with E-state index in [1.807, 2.05) is 26.8 Å². The van der Waals surface area contributed by atoms with Crippen molar-refractivity contribution in [3.05, 3.63) is 77.6 Å². The topological polar surface area (TPSA) is 84.1 Å². The predicted octanol–water partition coefficient (Wildman–Crippen LogP) is 4.18. The number of ether oxygens (including phenoxy) is 1. The third kappa shape index (κ3) is 4.61. The van der Waals surface area contributed by atoms with Crippen molar-refractivity contribution in [2.24, 2.45) is 0 Å². The first-order valence-corrected chi connectivity index (χ1v) is 8.57. The van der Waals surface area contributed by atoms with Crippen LogP contribution in [0.25, 0.3) is 0 Å². The van der Waals surface area contributed by atoms with Crippen molar-refractivity contribution >= 4 is 17.6 Å². The molecule has 6 nitrogen and oxygen atoms in total. The highest BCUT2D eigenvalue weighted by molar-refractivity contribution is 6.04. The fraction of sp³-hybridized carbons (Fsp3) is 0.190. The van der Waals surface area contributed by atoms with E-state index in [9.17, 15) is 9.59 Å². The number of aromatic nitrogens is 2. The van der Waals surface area contributed by atoms with E-state index < -0.39 is 5.97 Å². The monoisotopic (exact) mass is 363 g/mol. The van der Waals surface area contributed by atoms with Gasteiger partial charge in [-0.15, -0.1) is 0 Å². The predicted molar refractivity (Wildman–Crippen MR) is 103 cm³/mol. The Morgan fingerprint density at radius 2 is 1.67 bits per heavy atom. The third-order valence-electron chi connectivity index (χ3n) is 3.95. The molecule has 1 aromatic heterocycles. The lowest BCUT2D eigenvalue weighted by molar-refractivity contribution is 0.0728. The van der Waals surface area contributed by atoms with Crippen LogP contribution >= 0.6 is 0 Å². The van der Waals surface area contributed by atoms with Crippen LogP contribution in [-0.2, 0) is 5.41 Å². The Balaban J connectivity index is 1.63. The van der Waals surface area contributed by atoms with Crippen molar-refractivity contribution in [2.45, 2.75) is 26.2 Å². The molecule has 0 aliphatic carbocycles. The van der Waals surface area contributed by atoms with Gasteiger partial charge in [-0.2, -0.15) is 5.10 Å². The summed E-state index contributed by atoms with van der Waals surface area (Å²) in [5, 5.41) is 9.67. The lowest BCUT2D eigenvalue weighted by atomic mass is 9.92. The first-order valence-electron chi connectivity index (χ1n) is 8.57. The molecule has 3 rings (SSSR count). The molecule has 3 aromatic rings. The van der Waals surface area contributed by atoms with Crippen LogP contribution in [0.4, 0.5) is 5.69 Å². The summed E-state index contributed by atoms with van der Waals surface area (Å²) in [6.07, 6.45) is 0. The maximum atomic E-state index is 12.2. The van der Waals surface area contributed by atoms with Crippen LogP contribution in [0.2, 0.25) is 0 Å². The normalized spacial score (nSPS) is 11.1. The minimum Gasteiger partial charge on any atom is -0.422 e. The second-order valence-electron chi connectivity index (χ2n) is 7.15. The van der Waals surface area contributed by atoms with Gasteiger partial charge in [0.05, 0.1) is 0 Å². The zero-order chi connectivity index (χ0) is 19.4. The number of aromatic amines is 1. The van der Waals surface area contributed by atoms with E-state index in [4.69, 9.17) is 4.74 Å². The Labute approximate surface area is 157 Å². The largest absolute Gasteiger partial charge is 0.422 e. The van der Waals surface area contributed by atoms with Crippen molar-refractivity contribution in [1.82, 2.24) is 10.2 Å². The SMILES string of the molecule is CC(C)(C)c1cc(C(=O)Oc2ccc(NC(=O)c3ccccc3)cc2)n[nH]1. The number of esters is 1. The molecule has 0 bridgehead atoms. The Bertz CT molecular complexity index is 939. The molecule has 0 saturated heterocycles. The summed E-state index contributed by atoms with van der Waals surface area (Å²) in [4.78, 5) is 24.4. The molecule has 6 heteroatoms. The Morgan fingerprint density at radius 1 is 1.00 bits per heavy atom. The van der Waals surface area contributed by atoms with Crippen LogP contribution in [0.3, 0.4) is 0 Å². The summed E-state index contributed by atoms with van der Waals surface area (Å²) in [5.74, 6) is -0.368. The number of nitrogens with one attached hydrogen (secondary N) is 2. The number of hydrogen-bond acceptors (Lipinski definition) is 4. The number of benzene rings is 2.